The van der Waals surface area contributed by atoms with Gasteiger partial charge in [-0.1, -0.05) is 0 Å². The average molecular weight is 174 g/mol. The Morgan fingerprint density at radius 2 is 2.17 bits per heavy atom. The second kappa shape index (κ2) is 3.31. The van der Waals surface area contributed by atoms with Gasteiger partial charge in [-0.25, -0.2) is 4.79 Å². The number of carbonyl (C=O) groups is 1. The number of hydrogen-bond donors (Lipinski definition) is 0. The van der Waals surface area contributed by atoms with E-state index in [2.05, 4.69) is 0 Å². The summed E-state index contributed by atoms with van der Waals surface area (Å²) in [7, 11) is 0. The Morgan fingerprint density at radius 3 is 2.58 bits per heavy atom. The van der Waals surface area contributed by atoms with E-state index in [0.717, 1.165) is 0 Å². The van der Waals surface area contributed by atoms with E-state index in [1.165, 1.54) is 0 Å². The lowest BCUT2D eigenvalue weighted by Crippen LogP contribution is -2.25. The van der Waals surface area contributed by atoms with Crippen LogP contribution in [0.3, 0.4) is 0 Å². The first-order chi connectivity index (χ1) is 5.47. The number of carbonyl (C=O) groups excluding carboxylic acids is 1. The fourth-order valence-electron chi connectivity index (χ4n) is 0.605. The third-order valence-electron chi connectivity index (χ3n) is 1.18. The SMILES string of the molecule is CC(C)(C)OC(=O)OC[C@H]1CO1. The summed E-state index contributed by atoms with van der Waals surface area (Å²) in [5, 5.41) is 0. The van der Waals surface area contributed by atoms with Crippen LogP contribution in [0.4, 0.5) is 4.79 Å². The number of hydrogen-bond acceptors (Lipinski definition) is 4. The van der Waals surface area contributed by atoms with Crippen molar-refractivity contribution in [3.63, 3.8) is 0 Å². The maximum absolute atomic E-state index is 10.9. The molecule has 1 fully saturated rings. The molecule has 70 valence electrons. The quantitative estimate of drug-likeness (QED) is 0.468. The lowest BCUT2D eigenvalue weighted by atomic mass is 10.2. The lowest BCUT2D eigenvalue weighted by molar-refractivity contribution is -0.00946. The molecular weight excluding hydrogens is 160 g/mol. The molecule has 1 rings (SSSR count). The van der Waals surface area contributed by atoms with Crippen LogP contribution in [0.1, 0.15) is 20.8 Å². The first kappa shape index (κ1) is 9.32. The molecule has 12 heavy (non-hydrogen) atoms. The number of ether oxygens (including phenoxy) is 3. The summed E-state index contributed by atoms with van der Waals surface area (Å²) >= 11 is 0. The van der Waals surface area contributed by atoms with E-state index in [1.54, 1.807) is 20.8 Å². The van der Waals surface area contributed by atoms with Gasteiger partial charge in [0, 0.05) is 0 Å². The Kier molecular flexibility index (Phi) is 2.57. The van der Waals surface area contributed by atoms with Gasteiger partial charge in [0.25, 0.3) is 0 Å². The summed E-state index contributed by atoms with van der Waals surface area (Å²) in [6.07, 6.45) is -0.532. The Hall–Kier alpha value is -0.770. The van der Waals surface area contributed by atoms with Crippen LogP contribution in [0.25, 0.3) is 0 Å². The van der Waals surface area contributed by atoms with Crippen molar-refractivity contribution in [1.82, 2.24) is 0 Å². The first-order valence-electron chi connectivity index (χ1n) is 3.95. The minimum atomic E-state index is -0.627. The van der Waals surface area contributed by atoms with Crippen molar-refractivity contribution in [2.75, 3.05) is 13.2 Å². The van der Waals surface area contributed by atoms with E-state index >= 15 is 0 Å². The molecule has 1 heterocycles. The Balaban J connectivity index is 2.10. The Labute approximate surface area is 71.8 Å². The average Bonchev–Trinajstić information content (AvgIpc) is 2.61. The molecular formula is C8H14O4. The van der Waals surface area contributed by atoms with Crippen molar-refractivity contribution in [1.29, 1.82) is 0 Å². The zero-order chi connectivity index (χ0) is 9.19. The smallest absolute Gasteiger partial charge is 0.431 e. The molecule has 0 spiro atoms. The van der Waals surface area contributed by atoms with Gasteiger partial charge in [-0.3, -0.25) is 0 Å². The van der Waals surface area contributed by atoms with E-state index in [4.69, 9.17) is 14.2 Å². The van der Waals surface area contributed by atoms with Crippen LogP contribution in [0.15, 0.2) is 0 Å². The van der Waals surface area contributed by atoms with Crippen molar-refractivity contribution in [2.45, 2.75) is 32.5 Å². The minimum absolute atomic E-state index is 0.0949. The summed E-state index contributed by atoms with van der Waals surface area (Å²) < 4.78 is 14.5. The fourth-order valence-corrected chi connectivity index (χ4v) is 0.605. The van der Waals surface area contributed by atoms with E-state index < -0.39 is 11.8 Å². The van der Waals surface area contributed by atoms with Crippen LogP contribution >= 0.6 is 0 Å². The molecule has 1 aliphatic heterocycles. The van der Waals surface area contributed by atoms with Gasteiger partial charge in [0.05, 0.1) is 6.61 Å². The highest BCUT2D eigenvalue weighted by Gasteiger charge is 2.25. The summed E-state index contributed by atoms with van der Waals surface area (Å²) in [5.74, 6) is 0. The predicted octanol–water partition coefficient (Wildman–Crippen LogP) is 1.34. The Morgan fingerprint density at radius 1 is 1.58 bits per heavy atom. The predicted molar refractivity (Wildman–Crippen MR) is 41.9 cm³/mol. The monoisotopic (exact) mass is 174 g/mol. The van der Waals surface area contributed by atoms with Gasteiger partial charge in [-0.2, -0.15) is 0 Å². The molecule has 0 saturated carbocycles. The van der Waals surface area contributed by atoms with Crippen LogP contribution in [0.5, 0.6) is 0 Å². The molecule has 0 amide bonds. The van der Waals surface area contributed by atoms with Crippen molar-refractivity contribution in [2.24, 2.45) is 0 Å². The molecule has 4 nitrogen and oxygen atoms in total. The van der Waals surface area contributed by atoms with E-state index in [9.17, 15) is 4.79 Å². The third kappa shape index (κ3) is 4.18. The molecule has 0 N–H and O–H groups in total. The van der Waals surface area contributed by atoms with Gasteiger partial charge < -0.3 is 14.2 Å². The van der Waals surface area contributed by atoms with Gasteiger partial charge in [0.1, 0.15) is 18.3 Å². The van der Waals surface area contributed by atoms with Crippen LogP contribution in [-0.2, 0) is 14.2 Å². The normalized spacial score (nSPS) is 21.8. The standard InChI is InChI=1S/C8H14O4/c1-8(2,3)12-7(9)11-5-6-4-10-6/h6H,4-5H2,1-3H3/t6-/m1/s1. The third-order valence-corrected chi connectivity index (χ3v) is 1.18. The van der Waals surface area contributed by atoms with Crippen molar-refractivity contribution in [3.05, 3.63) is 0 Å². The lowest BCUT2D eigenvalue weighted by Gasteiger charge is -2.18. The van der Waals surface area contributed by atoms with Gasteiger partial charge in [-0.05, 0) is 20.8 Å². The molecule has 0 bridgehead atoms. The van der Waals surface area contributed by atoms with Crippen molar-refractivity contribution < 1.29 is 19.0 Å². The van der Waals surface area contributed by atoms with Crippen LogP contribution < -0.4 is 0 Å². The summed E-state index contributed by atoms with van der Waals surface area (Å²) in [6.45, 7) is 6.36. The van der Waals surface area contributed by atoms with Crippen LogP contribution in [0, 0.1) is 0 Å². The van der Waals surface area contributed by atoms with Gasteiger partial charge in [0.15, 0.2) is 0 Å². The highest BCUT2D eigenvalue weighted by molar-refractivity contribution is 5.60. The summed E-state index contributed by atoms with van der Waals surface area (Å²) in [6, 6.07) is 0. The molecule has 0 radical (unpaired) electrons. The maximum Gasteiger partial charge on any atom is 0.508 e. The summed E-state index contributed by atoms with van der Waals surface area (Å²) in [4.78, 5) is 10.9. The van der Waals surface area contributed by atoms with Crippen molar-refractivity contribution in [3.8, 4) is 0 Å². The van der Waals surface area contributed by atoms with Crippen molar-refractivity contribution >= 4 is 6.16 Å². The van der Waals surface area contributed by atoms with Gasteiger partial charge in [-0.15, -0.1) is 0 Å². The van der Waals surface area contributed by atoms with Crippen LogP contribution in [-0.4, -0.2) is 31.1 Å². The number of epoxide rings is 1. The van der Waals surface area contributed by atoms with Gasteiger partial charge in [0.2, 0.25) is 0 Å². The molecule has 0 aliphatic carbocycles. The fraction of sp³-hybridized carbons (Fsp3) is 0.875. The Bertz CT molecular complexity index is 166. The molecule has 0 aromatic carbocycles. The molecule has 0 unspecified atom stereocenters. The molecule has 1 aliphatic rings. The molecule has 1 saturated heterocycles. The molecule has 1 atom stereocenters. The molecule has 0 aromatic heterocycles. The number of rotatable bonds is 2. The highest BCUT2D eigenvalue weighted by atomic mass is 16.7. The largest absolute Gasteiger partial charge is 0.508 e. The summed E-state index contributed by atoms with van der Waals surface area (Å²) in [5.41, 5.74) is -0.485. The highest BCUT2D eigenvalue weighted by Crippen LogP contribution is 2.11. The molecule has 0 aromatic rings. The minimum Gasteiger partial charge on any atom is -0.431 e. The van der Waals surface area contributed by atoms with E-state index in [-0.39, 0.29) is 6.10 Å². The van der Waals surface area contributed by atoms with Gasteiger partial charge >= 0.3 is 6.16 Å². The van der Waals surface area contributed by atoms with Crippen LogP contribution in [0.2, 0.25) is 0 Å². The van der Waals surface area contributed by atoms with E-state index in [0.29, 0.717) is 13.2 Å². The second-order valence-corrected chi connectivity index (χ2v) is 3.73. The molecule has 4 heteroatoms. The topological polar surface area (TPSA) is 48.1 Å². The van der Waals surface area contributed by atoms with E-state index in [1.807, 2.05) is 0 Å². The second-order valence-electron chi connectivity index (χ2n) is 3.73. The zero-order valence-corrected chi connectivity index (χ0v) is 7.62. The first-order valence-corrected chi connectivity index (χ1v) is 3.95. The zero-order valence-electron chi connectivity index (χ0n) is 7.62. The maximum atomic E-state index is 10.9.